The summed E-state index contributed by atoms with van der Waals surface area (Å²) in [5.41, 5.74) is 2.23. The second kappa shape index (κ2) is 7.27. The van der Waals surface area contributed by atoms with E-state index in [1.807, 2.05) is 0 Å². The Morgan fingerprint density at radius 3 is 2.64 bits per heavy atom. The van der Waals surface area contributed by atoms with E-state index in [9.17, 15) is 18.0 Å². The Hall–Kier alpha value is -2.88. The Kier molecular flexibility index (Phi) is 5.16. The quantitative estimate of drug-likeness (QED) is 0.773. The molecule has 0 saturated carbocycles. The third-order valence-corrected chi connectivity index (χ3v) is 6.04. The zero-order valence-electron chi connectivity index (χ0n) is 16.0. The lowest BCUT2D eigenvalue weighted by Crippen LogP contribution is -2.35. The molecule has 9 nitrogen and oxygen atoms in total. The molecule has 1 unspecified atom stereocenters. The van der Waals surface area contributed by atoms with Gasteiger partial charge in [-0.2, -0.15) is 0 Å². The van der Waals surface area contributed by atoms with Gasteiger partial charge in [-0.25, -0.2) is 13.1 Å². The molecular weight excluding hydrogens is 386 g/mol. The number of benzene rings is 1. The Labute approximate surface area is 162 Å². The number of nitrogens with zero attached hydrogens (tertiary/aromatic N) is 1. The number of anilines is 1. The van der Waals surface area contributed by atoms with E-state index in [0.717, 1.165) is 5.56 Å². The molecule has 2 heterocycles. The molecule has 28 heavy (non-hydrogen) atoms. The first-order valence-corrected chi connectivity index (χ1v) is 10.2. The largest absolute Gasteiger partial charge is 0.479 e. The van der Waals surface area contributed by atoms with E-state index in [1.54, 1.807) is 27.7 Å². The molecule has 2 amide bonds. The highest BCUT2D eigenvalue weighted by molar-refractivity contribution is 7.90. The molecule has 150 valence electrons. The van der Waals surface area contributed by atoms with Crippen LogP contribution >= 0.6 is 0 Å². The highest BCUT2D eigenvalue weighted by atomic mass is 32.2. The zero-order chi connectivity index (χ0) is 20.6. The van der Waals surface area contributed by atoms with Crippen molar-refractivity contribution in [2.24, 2.45) is 0 Å². The van der Waals surface area contributed by atoms with Gasteiger partial charge in [0.15, 0.2) is 6.10 Å². The van der Waals surface area contributed by atoms with Crippen LogP contribution in [0.5, 0.6) is 5.75 Å². The Bertz CT molecular complexity index is 1040. The zero-order valence-corrected chi connectivity index (χ0v) is 16.8. The number of aryl methyl sites for hydroxylation is 3. The van der Waals surface area contributed by atoms with Crippen molar-refractivity contribution < 1.29 is 27.3 Å². The number of carbonyl (C=O) groups is 2. The van der Waals surface area contributed by atoms with E-state index in [4.69, 9.17) is 9.26 Å². The number of sulfonamides is 1. The maximum Gasteiger partial charge on any atom is 0.265 e. The van der Waals surface area contributed by atoms with Crippen LogP contribution in [0.2, 0.25) is 0 Å². The summed E-state index contributed by atoms with van der Waals surface area (Å²) in [6, 6.07) is 2.81. The highest BCUT2D eigenvalue weighted by Crippen LogP contribution is 2.34. The molecular formula is C18H21N3O6S. The third kappa shape index (κ3) is 3.86. The fourth-order valence-corrected chi connectivity index (χ4v) is 4.24. The van der Waals surface area contributed by atoms with Gasteiger partial charge < -0.3 is 14.6 Å². The first-order chi connectivity index (χ1) is 13.1. The maximum absolute atomic E-state index is 12.7. The van der Waals surface area contributed by atoms with Crippen LogP contribution in [0.25, 0.3) is 0 Å². The van der Waals surface area contributed by atoms with Crippen LogP contribution in [0.3, 0.4) is 0 Å². The summed E-state index contributed by atoms with van der Waals surface area (Å²) in [6.45, 7) is 6.63. The number of fused-ring (bicyclic) bond motifs is 1. The minimum Gasteiger partial charge on any atom is -0.479 e. The summed E-state index contributed by atoms with van der Waals surface area (Å²) < 4.78 is 37.9. The van der Waals surface area contributed by atoms with Gasteiger partial charge in [-0.05, 0) is 45.7 Å². The van der Waals surface area contributed by atoms with E-state index in [0.29, 0.717) is 29.1 Å². The second-order valence-electron chi connectivity index (χ2n) is 6.69. The minimum absolute atomic E-state index is 0.0320. The number of hydrogen-bond acceptors (Lipinski definition) is 7. The van der Waals surface area contributed by atoms with Crippen LogP contribution in [0.1, 0.15) is 35.9 Å². The second-order valence-corrected chi connectivity index (χ2v) is 8.35. The van der Waals surface area contributed by atoms with Gasteiger partial charge in [0.1, 0.15) is 11.5 Å². The van der Waals surface area contributed by atoms with Gasteiger partial charge in [-0.3, -0.25) is 9.59 Å². The molecule has 1 atom stereocenters. The van der Waals surface area contributed by atoms with Crippen LogP contribution in [-0.4, -0.2) is 31.5 Å². The molecule has 0 fully saturated rings. The minimum atomic E-state index is -4.10. The molecule has 1 aromatic heterocycles. The lowest BCUT2D eigenvalue weighted by Gasteiger charge is -2.24. The molecule has 1 aromatic carbocycles. The Morgan fingerprint density at radius 1 is 1.29 bits per heavy atom. The number of amides is 2. The molecule has 1 aliphatic rings. The van der Waals surface area contributed by atoms with Crippen molar-refractivity contribution in [3.05, 3.63) is 34.7 Å². The van der Waals surface area contributed by atoms with Crippen molar-refractivity contribution in [1.29, 1.82) is 0 Å². The van der Waals surface area contributed by atoms with Crippen LogP contribution in [0.15, 0.2) is 21.6 Å². The van der Waals surface area contributed by atoms with Gasteiger partial charge in [-0.1, -0.05) is 5.16 Å². The Morgan fingerprint density at radius 2 is 2.00 bits per heavy atom. The number of aromatic nitrogens is 1. The normalized spacial score (nSPS) is 16.1. The van der Waals surface area contributed by atoms with Crippen molar-refractivity contribution >= 4 is 27.5 Å². The summed E-state index contributed by atoms with van der Waals surface area (Å²) >= 11 is 0. The number of rotatable bonds is 5. The molecule has 0 radical (unpaired) electrons. The average molecular weight is 407 g/mol. The average Bonchev–Trinajstić information content (AvgIpc) is 2.91. The molecule has 0 saturated heterocycles. The number of ether oxygens (including phenoxy) is 1. The van der Waals surface area contributed by atoms with Gasteiger partial charge in [0, 0.05) is 18.1 Å². The number of nitrogens with one attached hydrogen (secondary N) is 2. The third-order valence-electron chi connectivity index (χ3n) is 4.53. The van der Waals surface area contributed by atoms with E-state index in [2.05, 4.69) is 15.2 Å². The number of carbonyl (C=O) groups excluding carboxylic acids is 2. The summed E-state index contributed by atoms with van der Waals surface area (Å²) in [7, 11) is -4.10. The lowest BCUT2D eigenvalue weighted by molar-refractivity contribution is -0.122. The van der Waals surface area contributed by atoms with Gasteiger partial charge >= 0.3 is 0 Å². The SMILES string of the molecule is Cc1cc2c(cc1S(=O)(=O)NC(=O)CCc1c(C)noc1C)OC(C)C(=O)N2. The van der Waals surface area contributed by atoms with Crippen LogP contribution in [0.4, 0.5) is 5.69 Å². The monoisotopic (exact) mass is 407 g/mol. The molecule has 2 N–H and O–H groups in total. The molecule has 0 aliphatic carbocycles. The Balaban J connectivity index is 1.76. The molecule has 1 aliphatic heterocycles. The topological polar surface area (TPSA) is 128 Å². The molecule has 3 rings (SSSR count). The molecule has 0 bridgehead atoms. The van der Waals surface area contributed by atoms with Gasteiger partial charge in [0.05, 0.1) is 16.3 Å². The van der Waals surface area contributed by atoms with Crippen LogP contribution < -0.4 is 14.8 Å². The predicted molar refractivity (Wildman–Crippen MR) is 99.5 cm³/mol. The fraction of sp³-hybridized carbons (Fsp3) is 0.389. The van der Waals surface area contributed by atoms with E-state index >= 15 is 0 Å². The predicted octanol–water partition coefficient (Wildman–Crippen LogP) is 1.76. The van der Waals surface area contributed by atoms with Gasteiger partial charge in [0.2, 0.25) is 5.91 Å². The van der Waals surface area contributed by atoms with Gasteiger partial charge in [0.25, 0.3) is 15.9 Å². The number of hydrogen-bond donors (Lipinski definition) is 2. The maximum atomic E-state index is 12.7. The fourth-order valence-electron chi connectivity index (χ4n) is 2.99. The van der Waals surface area contributed by atoms with Crippen molar-refractivity contribution in [2.75, 3.05) is 5.32 Å². The summed E-state index contributed by atoms with van der Waals surface area (Å²) in [5, 5.41) is 6.47. The highest BCUT2D eigenvalue weighted by Gasteiger charge is 2.28. The first-order valence-electron chi connectivity index (χ1n) is 8.68. The van der Waals surface area contributed by atoms with E-state index in [-0.39, 0.29) is 23.0 Å². The first kappa shape index (κ1) is 19.9. The van der Waals surface area contributed by atoms with E-state index in [1.165, 1.54) is 12.1 Å². The summed E-state index contributed by atoms with van der Waals surface area (Å²) in [6.07, 6.45) is -0.455. The van der Waals surface area contributed by atoms with E-state index < -0.39 is 22.0 Å². The summed E-state index contributed by atoms with van der Waals surface area (Å²) in [5.74, 6) is -0.108. The lowest BCUT2D eigenvalue weighted by atomic mass is 10.1. The molecule has 10 heteroatoms. The standard InChI is InChI=1S/C18H21N3O6S/c1-9-7-14-15(26-12(4)18(23)19-14)8-16(9)28(24,25)21-17(22)6-5-13-10(2)20-27-11(13)3/h7-8,12H,5-6H2,1-4H3,(H,19,23)(H,21,22). The van der Waals surface area contributed by atoms with Crippen LogP contribution in [-0.2, 0) is 26.0 Å². The molecule has 0 spiro atoms. The van der Waals surface area contributed by atoms with Crippen LogP contribution in [0, 0.1) is 20.8 Å². The smallest absolute Gasteiger partial charge is 0.265 e. The molecule has 2 aromatic rings. The van der Waals surface area contributed by atoms with Crippen molar-refractivity contribution in [3.63, 3.8) is 0 Å². The van der Waals surface area contributed by atoms with Crippen molar-refractivity contribution in [2.45, 2.75) is 51.5 Å². The van der Waals surface area contributed by atoms with Gasteiger partial charge in [-0.15, -0.1) is 0 Å². The van der Waals surface area contributed by atoms with Crippen molar-refractivity contribution in [3.8, 4) is 5.75 Å². The summed E-state index contributed by atoms with van der Waals surface area (Å²) in [4.78, 5) is 23.8. The van der Waals surface area contributed by atoms with Crippen molar-refractivity contribution in [1.82, 2.24) is 9.88 Å².